The molecule has 1 N–H and O–H groups in total. The van der Waals surface area contributed by atoms with Gasteiger partial charge < -0.3 is 4.42 Å². The summed E-state index contributed by atoms with van der Waals surface area (Å²) in [6.45, 7) is 0.532. The number of nitrogens with zero attached hydrogens (tertiary/aromatic N) is 2. The monoisotopic (exact) mass is 437 g/mol. The molecule has 0 aliphatic carbocycles. The topological polar surface area (TPSA) is 51.0 Å². The Morgan fingerprint density at radius 3 is 2.32 bits per heavy atom. The highest BCUT2D eigenvalue weighted by molar-refractivity contribution is 9.10. The molecule has 1 aromatic heterocycles. The average Bonchev–Trinajstić information content (AvgIpc) is 3.21. The smallest absolute Gasteiger partial charge is 0.247 e. The molecule has 0 bridgehead atoms. The van der Waals surface area contributed by atoms with Crippen molar-refractivity contribution in [3.63, 3.8) is 0 Å². The first-order valence-electron chi connectivity index (χ1n) is 8.81. The largest absolute Gasteiger partial charge is 0.419 e. The van der Waals surface area contributed by atoms with E-state index in [1.54, 1.807) is 12.1 Å². The summed E-state index contributed by atoms with van der Waals surface area (Å²) in [7, 11) is 0. The molecule has 0 saturated heterocycles. The van der Waals surface area contributed by atoms with Gasteiger partial charge in [-0.3, -0.25) is 5.32 Å². The second-order valence-electron chi connectivity index (χ2n) is 6.30. The second-order valence-corrected chi connectivity index (χ2v) is 7.22. The number of hydrogen-bond donors (Lipinski definition) is 1. The predicted molar refractivity (Wildman–Crippen MR) is 109 cm³/mol. The lowest BCUT2D eigenvalue weighted by atomic mass is 10.1. The third-order valence-corrected chi connectivity index (χ3v) is 4.86. The van der Waals surface area contributed by atoms with Crippen LogP contribution in [0.15, 0.2) is 87.8 Å². The molecule has 6 heteroatoms. The van der Waals surface area contributed by atoms with E-state index in [0.717, 1.165) is 21.2 Å². The third-order valence-electron chi connectivity index (χ3n) is 4.34. The van der Waals surface area contributed by atoms with E-state index in [1.807, 2.05) is 54.6 Å². The molecule has 0 saturated carbocycles. The summed E-state index contributed by atoms with van der Waals surface area (Å²) in [5.74, 6) is 0.696. The van der Waals surface area contributed by atoms with Gasteiger partial charge >= 0.3 is 0 Å². The summed E-state index contributed by atoms with van der Waals surface area (Å²) in [5.41, 5.74) is 2.83. The summed E-state index contributed by atoms with van der Waals surface area (Å²) in [4.78, 5) is 0. The van der Waals surface area contributed by atoms with Crippen LogP contribution in [-0.4, -0.2) is 10.2 Å². The van der Waals surface area contributed by atoms with Crippen molar-refractivity contribution in [3.8, 4) is 11.5 Å². The Morgan fingerprint density at radius 2 is 1.61 bits per heavy atom. The van der Waals surface area contributed by atoms with Crippen LogP contribution in [-0.2, 0) is 6.54 Å². The zero-order valence-corrected chi connectivity index (χ0v) is 16.4. The lowest BCUT2D eigenvalue weighted by molar-refractivity contribution is 0.438. The number of halogens is 2. The van der Waals surface area contributed by atoms with Crippen molar-refractivity contribution in [2.45, 2.75) is 12.6 Å². The molecular weight excluding hydrogens is 421 g/mol. The predicted octanol–water partition coefficient (Wildman–Crippen LogP) is 5.52. The Hall–Kier alpha value is -2.83. The Bertz CT molecular complexity index is 1030. The van der Waals surface area contributed by atoms with Gasteiger partial charge in [-0.2, -0.15) is 0 Å². The van der Waals surface area contributed by atoms with Crippen LogP contribution in [0.5, 0.6) is 0 Å². The van der Waals surface area contributed by atoms with Crippen LogP contribution in [0, 0.1) is 5.82 Å². The van der Waals surface area contributed by atoms with Crippen molar-refractivity contribution in [1.82, 2.24) is 15.5 Å². The minimum absolute atomic E-state index is 0.252. The van der Waals surface area contributed by atoms with E-state index in [1.165, 1.54) is 12.1 Å². The molecule has 4 nitrogen and oxygen atoms in total. The van der Waals surface area contributed by atoms with Crippen LogP contribution in [0.1, 0.15) is 23.1 Å². The first-order chi connectivity index (χ1) is 13.7. The van der Waals surface area contributed by atoms with Gasteiger partial charge in [0, 0.05) is 16.6 Å². The number of rotatable bonds is 6. The molecular formula is C22H17BrFN3O. The van der Waals surface area contributed by atoms with Gasteiger partial charge in [-0.25, -0.2) is 4.39 Å². The molecule has 0 radical (unpaired) electrons. The summed E-state index contributed by atoms with van der Waals surface area (Å²) in [6, 6.07) is 23.7. The zero-order chi connectivity index (χ0) is 19.3. The summed E-state index contributed by atoms with van der Waals surface area (Å²) >= 11 is 3.46. The lowest BCUT2D eigenvalue weighted by Crippen LogP contribution is -2.22. The fourth-order valence-electron chi connectivity index (χ4n) is 2.87. The van der Waals surface area contributed by atoms with Crippen molar-refractivity contribution in [2.24, 2.45) is 0 Å². The van der Waals surface area contributed by atoms with Gasteiger partial charge in [0.25, 0.3) is 0 Å². The van der Waals surface area contributed by atoms with E-state index < -0.39 is 0 Å². The van der Waals surface area contributed by atoms with Crippen LogP contribution >= 0.6 is 15.9 Å². The highest BCUT2D eigenvalue weighted by atomic mass is 79.9. The normalized spacial score (nSPS) is 12.1. The molecule has 0 aliphatic heterocycles. The van der Waals surface area contributed by atoms with Crippen molar-refractivity contribution in [3.05, 3.63) is 106 Å². The van der Waals surface area contributed by atoms with Crippen LogP contribution in [0.25, 0.3) is 11.5 Å². The van der Waals surface area contributed by atoms with Crippen molar-refractivity contribution >= 4 is 15.9 Å². The molecule has 0 fully saturated rings. The van der Waals surface area contributed by atoms with E-state index in [0.29, 0.717) is 18.3 Å². The minimum atomic E-state index is -0.289. The van der Waals surface area contributed by atoms with Crippen molar-refractivity contribution in [1.29, 1.82) is 0 Å². The number of benzene rings is 3. The maximum Gasteiger partial charge on any atom is 0.247 e. The van der Waals surface area contributed by atoms with Crippen LogP contribution in [0.3, 0.4) is 0 Å². The van der Waals surface area contributed by atoms with Gasteiger partial charge in [0.05, 0.1) is 0 Å². The number of aromatic nitrogens is 2. The molecule has 0 amide bonds. The third kappa shape index (κ3) is 4.35. The summed E-state index contributed by atoms with van der Waals surface area (Å²) in [6.07, 6.45) is 0. The molecule has 0 spiro atoms. The Kier molecular flexibility index (Phi) is 5.60. The highest BCUT2D eigenvalue weighted by Crippen LogP contribution is 2.26. The SMILES string of the molecule is Fc1ccc(CN[C@H](c2ccc(Br)cc2)c2nnc(-c3ccccc3)o2)cc1. The van der Waals surface area contributed by atoms with Crippen LogP contribution in [0.4, 0.5) is 4.39 Å². The highest BCUT2D eigenvalue weighted by Gasteiger charge is 2.21. The van der Waals surface area contributed by atoms with Crippen molar-refractivity contribution < 1.29 is 8.81 Å². The fraction of sp³-hybridized carbons (Fsp3) is 0.0909. The second kappa shape index (κ2) is 8.46. The maximum absolute atomic E-state index is 13.2. The standard InChI is InChI=1S/C22H17BrFN3O/c23-18-10-8-16(9-11-18)20(25-14-15-6-12-19(24)13-7-15)22-27-26-21(28-22)17-4-2-1-3-5-17/h1-13,20,25H,14H2/t20-/m1/s1. The molecule has 3 aromatic carbocycles. The lowest BCUT2D eigenvalue weighted by Gasteiger charge is -2.16. The van der Waals surface area contributed by atoms with Gasteiger partial charge in [-0.05, 0) is 47.5 Å². The molecule has 140 valence electrons. The number of hydrogen-bond acceptors (Lipinski definition) is 4. The van der Waals surface area contributed by atoms with E-state index in [4.69, 9.17) is 4.42 Å². The van der Waals surface area contributed by atoms with Gasteiger partial charge in [-0.15, -0.1) is 10.2 Å². The quantitative estimate of drug-likeness (QED) is 0.431. The van der Waals surface area contributed by atoms with E-state index in [2.05, 4.69) is 31.4 Å². The minimum Gasteiger partial charge on any atom is -0.419 e. The Morgan fingerprint density at radius 1 is 0.893 bits per heavy atom. The molecule has 1 atom stereocenters. The molecule has 4 aromatic rings. The van der Waals surface area contributed by atoms with Gasteiger partial charge in [0.2, 0.25) is 11.8 Å². The van der Waals surface area contributed by atoms with Crippen LogP contribution < -0.4 is 5.32 Å². The molecule has 28 heavy (non-hydrogen) atoms. The maximum atomic E-state index is 13.2. The van der Waals surface area contributed by atoms with Gasteiger partial charge in [-0.1, -0.05) is 58.4 Å². The Balaban J connectivity index is 1.62. The fourth-order valence-corrected chi connectivity index (χ4v) is 3.14. The number of nitrogens with one attached hydrogen (secondary N) is 1. The first kappa shape index (κ1) is 18.5. The molecule has 4 rings (SSSR count). The van der Waals surface area contributed by atoms with Crippen molar-refractivity contribution in [2.75, 3.05) is 0 Å². The van der Waals surface area contributed by atoms with Gasteiger partial charge in [0.1, 0.15) is 11.9 Å². The molecule has 0 aliphatic rings. The summed E-state index contributed by atoms with van der Waals surface area (Å²) < 4.78 is 20.1. The summed E-state index contributed by atoms with van der Waals surface area (Å²) in [5, 5.41) is 11.9. The Labute approximate surface area is 170 Å². The van der Waals surface area contributed by atoms with E-state index in [-0.39, 0.29) is 11.9 Å². The van der Waals surface area contributed by atoms with Crippen LogP contribution in [0.2, 0.25) is 0 Å². The zero-order valence-electron chi connectivity index (χ0n) is 14.8. The molecule has 1 heterocycles. The van der Waals surface area contributed by atoms with E-state index >= 15 is 0 Å². The molecule has 0 unspecified atom stereocenters. The average molecular weight is 438 g/mol. The van der Waals surface area contributed by atoms with Gasteiger partial charge in [0.15, 0.2) is 0 Å². The first-order valence-corrected chi connectivity index (χ1v) is 9.60. The van der Waals surface area contributed by atoms with E-state index in [9.17, 15) is 4.39 Å².